The number of carbonyl (C=O) groups is 2. The molecule has 0 saturated heterocycles. The van der Waals surface area contributed by atoms with Crippen molar-refractivity contribution in [1.29, 1.82) is 0 Å². The molecule has 1 amide bonds. The summed E-state index contributed by atoms with van der Waals surface area (Å²) in [7, 11) is 0. The molecule has 1 heterocycles. The maximum atomic E-state index is 12.9. The first-order valence-electron chi connectivity index (χ1n) is 7.62. The molecule has 5 nitrogen and oxygen atoms in total. The summed E-state index contributed by atoms with van der Waals surface area (Å²) >= 11 is 0. The maximum Gasteiger partial charge on any atom is 0.305 e. The third kappa shape index (κ3) is 3.62. The van der Waals surface area contributed by atoms with Gasteiger partial charge in [0.15, 0.2) is 0 Å². The van der Waals surface area contributed by atoms with E-state index in [-0.39, 0.29) is 18.9 Å². The number of furan rings is 1. The van der Waals surface area contributed by atoms with E-state index in [0.717, 1.165) is 11.1 Å². The summed E-state index contributed by atoms with van der Waals surface area (Å²) in [6.07, 6.45) is -0.0733. The molecule has 0 unspecified atom stereocenters. The van der Waals surface area contributed by atoms with E-state index < -0.39 is 5.97 Å². The normalized spacial score (nSPS) is 10.6. The predicted octanol–water partition coefficient (Wildman–Crippen LogP) is 3.50. The van der Waals surface area contributed by atoms with E-state index in [9.17, 15) is 9.59 Å². The van der Waals surface area contributed by atoms with E-state index in [4.69, 9.17) is 9.52 Å². The second-order valence-corrected chi connectivity index (χ2v) is 5.38. The van der Waals surface area contributed by atoms with E-state index in [1.54, 1.807) is 0 Å². The molecule has 0 aliphatic heterocycles. The lowest BCUT2D eigenvalue weighted by molar-refractivity contribution is -0.137. The minimum Gasteiger partial charge on any atom is -0.481 e. The van der Waals surface area contributed by atoms with Gasteiger partial charge in [-0.2, -0.15) is 0 Å². The number of aryl methyl sites for hydroxylation is 1. The molecular weight excluding hydrogens is 294 g/mol. The van der Waals surface area contributed by atoms with Gasteiger partial charge in [0.1, 0.15) is 11.5 Å². The molecule has 0 aliphatic rings. The summed E-state index contributed by atoms with van der Waals surface area (Å²) in [5.41, 5.74) is 2.14. The van der Waals surface area contributed by atoms with Gasteiger partial charge in [-0.05, 0) is 20.8 Å². The first-order valence-corrected chi connectivity index (χ1v) is 7.62. The lowest BCUT2D eigenvalue weighted by Crippen LogP contribution is -2.33. The molecule has 5 heteroatoms. The Morgan fingerprint density at radius 3 is 2.39 bits per heavy atom. The van der Waals surface area contributed by atoms with Crippen LogP contribution in [0.4, 0.5) is 0 Å². The molecule has 0 atom stereocenters. The summed E-state index contributed by atoms with van der Waals surface area (Å²) in [6.45, 7) is 6.15. The molecule has 2 aromatic rings. The van der Waals surface area contributed by atoms with Crippen molar-refractivity contribution in [3.8, 4) is 11.3 Å². The standard InChI is InChI=1S/C18H21NO4/c1-4-19(11-10-15(20)21)18(22)16-12(2)13(3)23-17(16)14-8-6-5-7-9-14/h5-9H,4,10-11H2,1-3H3,(H,20,21). The molecule has 1 aromatic heterocycles. The Kier molecular flexibility index (Phi) is 5.21. The van der Waals surface area contributed by atoms with E-state index in [1.807, 2.05) is 51.1 Å². The van der Waals surface area contributed by atoms with E-state index in [1.165, 1.54) is 4.90 Å². The number of carboxylic acids is 1. The van der Waals surface area contributed by atoms with Crippen LogP contribution in [0.1, 0.15) is 35.0 Å². The highest BCUT2D eigenvalue weighted by atomic mass is 16.4. The van der Waals surface area contributed by atoms with Crippen LogP contribution in [-0.4, -0.2) is 35.0 Å². The zero-order valence-corrected chi connectivity index (χ0v) is 13.6. The van der Waals surface area contributed by atoms with E-state index in [2.05, 4.69) is 0 Å². The highest BCUT2D eigenvalue weighted by molar-refractivity contribution is 6.01. The SMILES string of the molecule is CCN(CCC(=O)O)C(=O)c1c(-c2ccccc2)oc(C)c1C. The average Bonchev–Trinajstić information content (AvgIpc) is 2.84. The van der Waals surface area contributed by atoms with Crippen molar-refractivity contribution in [2.45, 2.75) is 27.2 Å². The highest BCUT2D eigenvalue weighted by Gasteiger charge is 2.26. The smallest absolute Gasteiger partial charge is 0.305 e. The van der Waals surface area contributed by atoms with Gasteiger partial charge in [-0.3, -0.25) is 9.59 Å². The number of nitrogens with zero attached hydrogens (tertiary/aromatic N) is 1. The molecule has 0 saturated carbocycles. The lowest BCUT2D eigenvalue weighted by Gasteiger charge is -2.20. The van der Waals surface area contributed by atoms with Crippen LogP contribution < -0.4 is 0 Å². The van der Waals surface area contributed by atoms with Gasteiger partial charge < -0.3 is 14.4 Å². The number of rotatable bonds is 6. The topological polar surface area (TPSA) is 70.8 Å². The van der Waals surface area contributed by atoms with Crippen LogP contribution in [0.2, 0.25) is 0 Å². The first-order chi connectivity index (χ1) is 11.0. The van der Waals surface area contributed by atoms with Gasteiger partial charge in [0.05, 0.1) is 12.0 Å². The van der Waals surface area contributed by atoms with Gasteiger partial charge in [-0.15, -0.1) is 0 Å². The van der Waals surface area contributed by atoms with Crippen LogP contribution >= 0.6 is 0 Å². The van der Waals surface area contributed by atoms with Gasteiger partial charge in [0.25, 0.3) is 5.91 Å². The summed E-state index contributed by atoms with van der Waals surface area (Å²) in [5, 5.41) is 8.85. The molecular formula is C18H21NO4. The molecule has 0 aliphatic carbocycles. The summed E-state index contributed by atoms with van der Waals surface area (Å²) in [4.78, 5) is 25.2. The van der Waals surface area contributed by atoms with Crippen LogP contribution in [0.5, 0.6) is 0 Å². The lowest BCUT2D eigenvalue weighted by atomic mass is 10.0. The Hall–Kier alpha value is -2.56. The molecule has 2 rings (SSSR count). The van der Waals surface area contributed by atoms with Crippen molar-refractivity contribution in [3.05, 3.63) is 47.2 Å². The molecule has 1 aromatic carbocycles. The number of carboxylic acid groups (broad SMARTS) is 1. The second kappa shape index (κ2) is 7.13. The largest absolute Gasteiger partial charge is 0.481 e. The van der Waals surface area contributed by atoms with Gasteiger partial charge in [-0.1, -0.05) is 30.3 Å². The first kappa shape index (κ1) is 16.8. The van der Waals surface area contributed by atoms with Crippen LogP contribution in [0.3, 0.4) is 0 Å². The molecule has 0 radical (unpaired) electrons. The Morgan fingerprint density at radius 2 is 1.83 bits per heavy atom. The van der Waals surface area contributed by atoms with Crippen LogP contribution in [0.15, 0.2) is 34.7 Å². The van der Waals surface area contributed by atoms with E-state index in [0.29, 0.717) is 23.6 Å². The molecule has 23 heavy (non-hydrogen) atoms. The Balaban J connectivity index is 2.41. The number of hydrogen-bond acceptors (Lipinski definition) is 3. The number of aliphatic carboxylic acids is 1. The molecule has 0 bridgehead atoms. The summed E-state index contributed by atoms with van der Waals surface area (Å²) < 4.78 is 5.81. The predicted molar refractivity (Wildman–Crippen MR) is 87.4 cm³/mol. The van der Waals surface area contributed by atoms with Gasteiger partial charge in [0.2, 0.25) is 0 Å². The van der Waals surface area contributed by atoms with Crippen molar-refractivity contribution in [2.24, 2.45) is 0 Å². The Labute approximate surface area is 135 Å². The van der Waals surface area contributed by atoms with Crippen molar-refractivity contribution in [3.63, 3.8) is 0 Å². The van der Waals surface area contributed by atoms with Crippen molar-refractivity contribution in [1.82, 2.24) is 4.90 Å². The quantitative estimate of drug-likeness (QED) is 0.885. The van der Waals surface area contributed by atoms with E-state index >= 15 is 0 Å². The fraction of sp³-hybridized carbons (Fsp3) is 0.333. The fourth-order valence-electron chi connectivity index (χ4n) is 2.47. The summed E-state index contributed by atoms with van der Waals surface area (Å²) in [5.74, 6) is 0.127. The molecule has 1 N–H and O–H groups in total. The third-order valence-electron chi connectivity index (χ3n) is 3.90. The minimum absolute atomic E-state index is 0.0733. The molecule has 0 fully saturated rings. The van der Waals surface area contributed by atoms with Crippen molar-refractivity contribution >= 4 is 11.9 Å². The summed E-state index contributed by atoms with van der Waals surface area (Å²) in [6, 6.07) is 9.46. The van der Waals surface area contributed by atoms with Crippen molar-refractivity contribution < 1.29 is 19.1 Å². The zero-order chi connectivity index (χ0) is 17.0. The van der Waals surface area contributed by atoms with Crippen LogP contribution in [0, 0.1) is 13.8 Å². The van der Waals surface area contributed by atoms with Gasteiger partial charge >= 0.3 is 5.97 Å². The Bertz CT molecular complexity index is 703. The van der Waals surface area contributed by atoms with Gasteiger partial charge in [0, 0.05) is 24.2 Å². The van der Waals surface area contributed by atoms with Crippen molar-refractivity contribution in [2.75, 3.05) is 13.1 Å². The number of hydrogen-bond donors (Lipinski definition) is 1. The van der Waals surface area contributed by atoms with Crippen LogP contribution in [-0.2, 0) is 4.79 Å². The maximum absolute atomic E-state index is 12.9. The number of carbonyl (C=O) groups excluding carboxylic acids is 1. The molecule has 0 spiro atoms. The fourth-order valence-corrected chi connectivity index (χ4v) is 2.47. The highest BCUT2D eigenvalue weighted by Crippen LogP contribution is 2.31. The number of amides is 1. The monoisotopic (exact) mass is 315 g/mol. The number of benzene rings is 1. The third-order valence-corrected chi connectivity index (χ3v) is 3.90. The average molecular weight is 315 g/mol. The minimum atomic E-state index is -0.917. The Morgan fingerprint density at radius 1 is 1.17 bits per heavy atom. The second-order valence-electron chi connectivity index (χ2n) is 5.38. The van der Waals surface area contributed by atoms with Gasteiger partial charge in [-0.25, -0.2) is 0 Å². The van der Waals surface area contributed by atoms with Crippen LogP contribution in [0.25, 0.3) is 11.3 Å². The zero-order valence-electron chi connectivity index (χ0n) is 13.6. The molecule has 122 valence electrons.